The van der Waals surface area contributed by atoms with Crippen molar-refractivity contribution in [1.29, 1.82) is 0 Å². The van der Waals surface area contributed by atoms with Gasteiger partial charge in [-0.05, 0) is 61.2 Å². The molecule has 6 nitrogen and oxygen atoms in total. The van der Waals surface area contributed by atoms with Crippen LogP contribution in [-0.4, -0.2) is 26.4 Å². The zero-order chi connectivity index (χ0) is 22.5. The number of benzene rings is 2. The number of nitrogens with one attached hydrogen (secondary N) is 1. The molecule has 3 rings (SSSR count). The first kappa shape index (κ1) is 23.2. The number of anilines is 1. The predicted molar refractivity (Wildman–Crippen MR) is 126 cm³/mol. The molecule has 1 unspecified atom stereocenters. The first-order chi connectivity index (χ1) is 14.7. The van der Waals surface area contributed by atoms with E-state index in [-0.39, 0.29) is 17.8 Å². The number of hydrogen-bond donors (Lipinski definition) is 1. The maximum Gasteiger partial charge on any atom is 0.234 e. The Bertz CT molecular complexity index is 1050. The number of nitrogens with zero attached hydrogens (tertiary/aromatic N) is 3. The first-order valence-electron chi connectivity index (χ1n) is 10.1. The Labute approximate surface area is 192 Å². The highest BCUT2D eigenvalue weighted by Crippen LogP contribution is 2.28. The largest absolute Gasteiger partial charge is 0.482 e. The maximum absolute atomic E-state index is 12.3. The van der Waals surface area contributed by atoms with Crippen molar-refractivity contribution in [3.05, 3.63) is 64.4 Å². The number of ether oxygens (including phenoxy) is 1. The van der Waals surface area contributed by atoms with Crippen LogP contribution in [0.2, 0.25) is 5.02 Å². The van der Waals surface area contributed by atoms with Gasteiger partial charge in [0.15, 0.2) is 17.1 Å². The first-order valence-corrected chi connectivity index (χ1v) is 11.5. The normalized spacial score (nSPS) is 12.1. The molecule has 1 N–H and O–H groups in total. The van der Waals surface area contributed by atoms with Crippen LogP contribution in [0.5, 0.6) is 5.75 Å². The van der Waals surface area contributed by atoms with Gasteiger partial charge in [0.25, 0.3) is 0 Å². The predicted octanol–water partition coefficient (Wildman–Crippen LogP) is 5.77. The van der Waals surface area contributed by atoms with Crippen LogP contribution in [0.3, 0.4) is 0 Å². The lowest BCUT2D eigenvalue weighted by Crippen LogP contribution is -2.15. The van der Waals surface area contributed by atoms with Crippen LogP contribution in [0.4, 0.5) is 5.69 Å². The molecule has 1 amide bonds. The molecule has 0 aliphatic rings. The third kappa shape index (κ3) is 6.02. The highest BCUT2D eigenvalue weighted by atomic mass is 35.5. The smallest absolute Gasteiger partial charge is 0.234 e. The molecule has 0 bridgehead atoms. The van der Waals surface area contributed by atoms with Crippen LogP contribution in [-0.2, 0) is 11.8 Å². The van der Waals surface area contributed by atoms with Gasteiger partial charge in [-0.15, -0.1) is 10.2 Å². The van der Waals surface area contributed by atoms with Crippen LogP contribution in [0, 0.1) is 6.92 Å². The van der Waals surface area contributed by atoms with Crippen LogP contribution >= 0.6 is 23.4 Å². The van der Waals surface area contributed by atoms with E-state index < -0.39 is 0 Å². The number of aromatic nitrogens is 3. The molecule has 0 fully saturated rings. The Morgan fingerprint density at radius 3 is 2.52 bits per heavy atom. The van der Waals surface area contributed by atoms with E-state index in [0.717, 1.165) is 17.0 Å². The molecule has 1 heterocycles. The fourth-order valence-electron chi connectivity index (χ4n) is 3.07. The van der Waals surface area contributed by atoms with E-state index >= 15 is 0 Å². The second kappa shape index (κ2) is 10.2. The van der Waals surface area contributed by atoms with E-state index in [1.165, 1.54) is 17.3 Å². The number of thioether (sulfide) groups is 1. The average Bonchev–Trinajstić information content (AvgIpc) is 3.09. The Morgan fingerprint density at radius 2 is 1.87 bits per heavy atom. The summed E-state index contributed by atoms with van der Waals surface area (Å²) >= 11 is 7.35. The van der Waals surface area contributed by atoms with Gasteiger partial charge in [-0.25, -0.2) is 0 Å². The van der Waals surface area contributed by atoms with Crippen LogP contribution < -0.4 is 10.1 Å². The fraction of sp³-hybridized carbons (Fsp3) is 0.348. The molecule has 1 aromatic heterocycles. The summed E-state index contributed by atoms with van der Waals surface area (Å²) in [6, 6.07) is 13.4. The maximum atomic E-state index is 12.3. The van der Waals surface area contributed by atoms with Gasteiger partial charge in [0.2, 0.25) is 5.91 Å². The molecule has 8 heteroatoms. The van der Waals surface area contributed by atoms with Crippen LogP contribution in [0.1, 0.15) is 49.7 Å². The molecule has 1 atom stereocenters. The summed E-state index contributed by atoms with van der Waals surface area (Å²) in [6.07, 6.45) is -0.306. The molecule has 3 aromatic rings. The molecule has 31 heavy (non-hydrogen) atoms. The summed E-state index contributed by atoms with van der Waals surface area (Å²) in [4.78, 5) is 12.3. The number of carbonyl (C=O) groups is 1. The van der Waals surface area contributed by atoms with Gasteiger partial charge in [-0.2, -0.15) is 0 Å². The second-order valence-electron chi connectivity index (χ2n) is 7.68. The van der Waals surface area contributed by atoms with E-state index in [2.05, 4.69) is 29.4 Å². The van der Waals surface area contributed by atoms with Gasteiger partial charge in [0.05, 0.1) is 5.75 Å². The van der Waals surface area contributed by atoms with Gasteiger partial charge in [-0.1, -0.05) is 49.3 Å². The van der Waals surface area contributed by atoms with Crippen molar-refractivity contribution in [1.82, 2.24) is 14.8 Å². The SMILES string of the molecule is Cc1cc(Cl)ccc1OC(C)c1nnc(SCC(=O)Nc2ccc(C(C)C)cc2)n1C. The van der Waals surface area contributed by atoms with Crippen molar-refractivity contribution < 1.29 is 9.53 Å². The van der Waals surface area contributed by atoms with Crippen LogP contribution in [0.15, 0.2) is 47.6 Å². The Morgan fingerprint density at radius 1 is 1.16 bits per heavy atom. The lowest BCUT2D eigenvalue weighted by molar-refractivity contribution is -0.113. The Hall–Kier alpha value is -2.51. The third-order valence-corrected chi connectivity index (χ3v) is 6.12. The van der Waals surface area contributed by atoms with E-state index in [4.69, 9.17) is 16.3 Å². The Balaban J connectivity index is 1.57. The van der Waals surface area contributed by atoms with E-state index in [1.54, 1.807) is 6.07 Å². The monoisotopic (exact) mass is 458 g/mol. The summed E-state index contributed by atoms with van der Waals surface area (Å²) in [5, 5.41) is 12.7. The molecule has 0 saturated heterocycles. The van der Waals surface area contributed by atoms with E-state index in [0.29, 0.717) is 21.9 Å². The van der Waals surface area contributed by atoms with Gasteiger partial charge in [0, 0.05) is 17.8 Å². The summed E-state index contributed by atoms with van der Waals surface area (Å²) in [5.74, 6) is 2.04. The third-order valence-electron chi connectivity index (χ3n) is 4.87. The van der Waals surface area contributed by atoms with Crippen molar-refractivity contribution in [2.45, 2.75) is 44.9 Å². The summed E-state index contributed by atoms with van der Waals surface area (Å²) in [5.41, 5.74) is 2.98. The second-order valence-corrected chi connectivity index (χ2v) is 9.06. The molecular weight excluding hydrogens is 432 g/mol. The standard InChI is InChI=1S/C23H27ClN4O2S/c1-14(2)17-6-9-19(10-7-17)25-21(29)13-31-23-27-26-22(28(23)5)16(4)30-20-11-8-18(24)12-15(20)3/h6-12,14,16H,13H2,1-5H3,(H,25,29). The van der Waals surface area contributed by atoms with Gasteiger partial charge in [0.1, 0.15) is 5.75 Å². The van der Waals surface area contributed by atoms with Crippen molar-refractivity contribution in [2.75, 3.05) is 11.1 Å². The fourth-order valence-corrected chi connectivity index (χ4v) is 4.02. The number of carbonyl (C=O) groups excluding carboxylic acids is 1. The molecular formula is C23H27ClN4O2S. The number of amides is 1. The number of rotatable bonds is 8. The average molecular weight is 459 g/mol. The van der Waals surface area contributed by atoms with Crippen LogP contribution in [0.25, 0.3) is 0 Å². The molecule has 0 aliphatic carbocycles. The topological polar surface area (TPSA) is 69.0 Å². The van der Waals surface area contributed by atoms with Crippen molar-refractivity contribution in [2.24, 2.45) is 7.05 Å². The molecule has 2 aromatic carbocycles. The van der Waals surface area contributed by atoms with Gasteiger partial charge < -0.3 is 14.6 Å². The lowest BCUT2D eigenvalue weighted by Gasteiger charge is -2.16. The molecule has 0 aliphatic heterocycles. The summed E-state index contributed by atoms with van der Waals surface area (Å²) < 4.78 is 7.89. The molecule has 164 valence electrons. The zero-order valence-electron chi connectivity index (χ0n) is 18.3. The minimum atomic E-state index is -0.306. The van der Waals surface area contributed by atoms with Gasteiger partial charge >= 0.3 is 0 Å². The van der Waals surface area contributed by atoms with Crippen molar-refractivity contribution >= 4 is 35.0 Å². The van der Waals surface area contributed by atoms with E-state index in [1.807, 2.05) is 61.9 Å². The van der Waals surface area contributed by atoms with E-state index in [9.17, 15) is 4.79 Å². The number of hydrogen-bond acceptors (Lipinski definition) is 5. The summed E-state index contributed by atoms with van der Waals surface area (Å²) in [7, 11) is 1.87. The number of halogens is 1. The quantitative estimate of drug-likeness (QED) is 0.434. The molecule has 0 spiro atoms. The lowest BCUT2D eigenvalue weighted by atomic mass is 10.0. The zero-order valence-corrected chi connectivity index (χ0v) is 19.9. The highest BCUT2D eigenvalue weighted by Gasteiger charge is 2.19. The van der Waals surface area contributed by atoms with Crippen molar-refractivity contribution in [3.63, 3.8) is 0 Å². The van der Waals surface area contributed by atoms with Crippen molar-refractivity contribution in [3.8, 4) is 5.75 Å². The minimum absolute atomic E-state index is 0.0899. The minimum Gasteiger partial charge on any atom is -0.482 e. The highest BCUT2D eigenvalue weighted by molar-refractivity contribution is 7.99. The van der Waals surface area contributed by atoms with Gasteiger partial charge in [-0.3, -0.25) is 4.79 Å². The summed E-state index contributed by atoms with van der Waals surface area (Å²) in [6.45, 7) is 8.14. The molecule has 0 saturated carbocycles. The molecule has 0 radical (unpaired) electrons. The number of aryl methyl sites for hydroxylation is 1. The Kier molecular flexibility index (Phi) is 7.62.